The van der Waals surface area contributed by atoms with Gasteiger partial charge in [-0.1, -0.05) is 0 Å². The Balaban J connectivity index is 2.49. The van der Waals surface area contributed by atoms with Gasteiger partial charge in [0.1, 0.15) is 12.0 Å². The Bertz CT molecular complexity index is 333. The van der Waals surface area contributed by atoms with Crippen LogP contribution in [0.1, 0.15) is 12.5 Å². The lowest BCUT2D eigenvalue weighted by Gasteiger charge is -2.20. The molecule has 1 aliphatic heterocycles. The van der Waals surface area contributed by atoms with Gasteiger partial charge < -0.3 is 10.4 Å². The van der Waals surface area contributed by atoms with Crippen molar-refractivity contribution >= 4 is 11.9 Å². The van der Waals surface area contributed by atoms with Crippen LogP contribution in [-0.2, 0) is 0 Å². The van der Waals surface area contributed by atoms with Crippen molar-refractivity contribution in [2.75, 3.05) is 5.32 Å². The van der Waals surface area contributed by atoms with Gasteiger partial charge in [-0.15, -0.1) is 0 Å². The van der Waals surface area contributed by atoms with Gasteiger partial charge in [0.05, 0.1) is 0 Å². The minimum Gasteiger partial charge on any atom is -0.370 e. The highest BCUT2D eigenvalue weighted by molar-refractivity contribution is 5.69. The summed E-state index contributed by atoms with van der Waals surface area (Å²) >= 11 is 0. The topological polar surface area (TPSA) is 45.2 Å². The van der Waals surface area contributed by atoms with Crippen molar-refractivity contribution < 1.29 is 5.11 Å². The van der Waals surface area contributed by atoms with Gasteiger partial charge in [0.15, 0.2) is 0 Å². The number of nitrogens with one attached hydrogen (secondary N) is 1. The number of nitrogens with zero attached hydrogens (tertiary/aromatic N) is 1. The van der Waals surface area contributed by atoms with Crippen LogP contribution in [0.2, 0.25) is 0 Å². The number of rotatable bonds is 0. The molecular weight excluding hydrogens is 152 g/mol. The van der Waals surface area contributed by atoms with Crippen LogP contribution >= 0.6 is 0 Å². The molecule has 1 aromatic rings. The van der Waals surface area contributed by atoms with Crippen molar-refractivity contribution in [3.8, 4) is 0 Å². The van der Waals surface area contributed by atoms with E-state index in [1.807, 2.05) is 25.1 Å². The summed E-state index contributed by atoms with van der Waals surface area (Å²) < 4.78 is 0. The van der Waals surface area contributed by atoms with Crippen LogP contribution in [0.15, 0.2) is 23.9 Å². The number of anilines is 1. The molecule has 3 heteroatoms. The largest absolute Gasteiger partial charge is 0.370 e. The number of hydrogen-bond acceptors (Lipinski definition) is 3. The van der Waals surface area contributed by atoms with E-state index in [1.165, 1.54) is 0 Å². The maximum atomic E-state index is 9.41. The van der Waals surface area contributed by atoms with Crippen LogP contribution in [-0.4, -0.2) is 16.3 Å². The van der Waals surface area contributed by atoms with E-state index >= 15 is 0 Å². The molecule has 1 atom stereocenters. The van der Waals surface area contributed by atoms with E-state index in [9.17, 15) is 5.11 Å². The van der Waals surface area contributed by atoms with Crippen molar-refractivity contribution in [3.05, 3.63) is 29.5 Å². The van der Waals surface area contributed by atoms with Gasteiger partial charge >= 0.3 is 0 Å². The number of pyridine rings is 1. The summed E-state index contributed by atoms with van der Waals surface area (Å²) in [4.78, 5) is 4.09. The average Bonchev–Trinajstić information content (AvgIpc) is 2.07. The summed E-state index contributed by atoms with van der Waals surface area (Å²) in [7, 11) is 0. The van der Waals surface area contributed by atoms with E-state index in [-0.39, 0.29) is 0 Å². The first-order chi connectivity index (χ1) is 5.77. The van der Waals surface area contributed by atoms with E-state index < -0.39 is 6.23 Å². The molecule has 3 nitrogen and oxygen atoms in total. The fraction of sp³-hybridized carbons (Fsp3) is 0.222. The van der Waals surface area contributed by atoms with Gasteiger partial charge in [0, 0.05) is 11.8 Å². The molecule has 2 heterocycles. The van der Waals surface area contributed by atoms with Crippen LogP contribution in [0.4, 0.5) is 5.82 Å². The first-order valence-electron chi connectivity index (χ1n) is 3.85. The standard InChI is InChI=1S/C9H10N2O/c1-6-5-7-3-2-4-10-8(7)11-9(6)12/h2-5,9,12H,1H3,(H,10,11). The fourth-order valence-electron chi connectivity index (χ4n) is 1.22. The summed E-state index contributed by atoms with van der Waals surface area (Å²) in [5.41, 5.74) is 1.94. The smallest absolute Gasteiger partial charge is 0.147 e. The van der Waals surface area contributed by atoms with E-state index in [1.54, 1.807) is 6.20 Å². The van der Waals surface area contributed by atoms with E-state index in [0.717, 1.165) is 17.0 Å². The second-order valence-corrected chi connectivity index (χ2v) is 2.88. The molecule has 1 aromatic heterocycles. The predicted molar refractivity (Wildman–Crippen MR) is 47.5 cm³/mol. The Morgan fingerprint density at radius 3 is 3.25 bits per heavy atom. The summed E-state index contributed by atoms with van der Waals surface area (Å²) in [5.74, 6) is 0.746. The molecule has 12 heavy (non-hydrogen) atoms. The zero-order valence-electron chi connectivity index (χ0n) is 6.78. The monoisotopic (exact) mass is 162 g/mol. The highest BCUT2D eigenvalue weighted by atomic mass is 16.3. The number of fused-ring (bicyclic) bond motifs is 1. The molecule has 0 radical (unpaired) electrons. The lowest BCUT2D eigenvalue weighted by molar-refractivity contribution is 0.239. The van der Waals surface area contributed by atoms with Crippen LogP contribution in [0.25, 0.3) is 6.08 Å². The van der Waals surface area contributed by atoms with Crippen molar-refractivity contribution in [2.24, 2.45) is 0 Å². The molecule has 0 saturated carbocycles. The molecule has 1 aliphatic rings. The van der Waals surface area contributed by atoms with Gasteiger partial charge in [0.2, 0.25) is 0 Å². The summed E-state index contributed by atoms with van der Waals surface area (Å²) in [6, 6.07) is 3.84. The Morgan fingerprint density at radius 2 is 2.42 bits per heavy atom. The van der Waals surface area contributed by atoms with E-state index in [4.69, 9.17) is 0 Å². The quantitative estimate of drug-likeness (QED) is 0.603. The summed E-state index contributed by atoms with van der Waals surface area (Å²) in [5, 5.41) is 12.3. The Kier molecular flexibility index (Phi) is 1.59. The van der Waals surface area contributed by atoms with Crippen LogP contribution < -0.4 is 5.32 Å². The molecule has 0 aromatic carbocycles. The van der Waals surface area contributed by atoms with Crippen molar-refractivity contribution in [2.45, 2.75) is 13.2 Å². The first-order valence-corrected chi connectivity index (χ1v) is 3.85. The summed E-state index contributed by atoms with van der Waals surface area (Å²) in [6.45, 7) is 1.88. The third-order valence-corrected chi connectivity index (χ3v) is 1.93. The van der Waals surface area contributed by atoms with Crippen molar-refractivity contribution in [1.29, 1.82) is 0 Å². The average molecular weight is 162 g/mol. The second-order valence-electron chi connectivity index (χ2n) is 2.88. The van der Waals surface area contributed by atoms with Crippen molar-refractivity contribution in [1.82, 2.24) is 4.98 Å². The molecular formula is C9H10N2O. The Morgan fingerprint density at radius 1 is 1.58 bits per heavy atom. The van der Waals surface area contributed by atoms with Crippen molar-refractivity contribution in [3.63, 3.8) is 0 Å². The lowest BCUT2D eigenvalue weighted by atomic mass is 10.1. The molecule has 62 valence electrons. The third kappa shape index (κ3) is 1.08. The van der Waals surface area contributed by atoms with Crippen LogP contribution in [0.3, 0.4) is 0 Å². The summed E-state index contributed by atoms with van der Waals surface area (Å²) in [6.07, 6.45) is 3.05. The molecule has 0 amide bonds. The molecule has 2 rings (SSSR count). The molecule has 0 bridgehead atoms. The molecule has 0 fully saturated rings. The van der Waals surface area contributed by atoms with Gasteiger partial charge in [-0.3, -0.25) is 0 Å². The zero-order chi connectivity index (χ0) is 8.55. The lowest BCUT2D eigenvalue weighted by Crippen LogP contribution is -2.23. The predicted octanol–water partition coefficient (Wildman–Crippen LogP) is 1.23. The molecule has 0 saturated heterocycles. The Hall–Kier alpha value is -1.35. The first kappa shape index (κ1) is 7.31. The van der Waals surface area contributed by atoms with Gasteiger partial charge in [-0.25, -0.2) is 4.98 Å². The van der Waals surface area contributed by atoms with E-state index in [0.29, 0.717) is 0 Å². The van der Waals surface area contributed by atoms with Gasteiger partial charge in [0.25, 0.3) is 0 Å². The van der Waals surface area contributed by atoms with Gasteiger partial charge in [-0.2, -0.15) is 0 Å². The fourth-order valence-corrected chi connectivity index (χ4v) is 1.22. The number of aliphatic hydroxyl groups is 1. The Labute approximate surface area is 70.8 Å². The minimum atomic E-state index is -0.590. The minimum absolute atomic E-state index is 0.590. The van der Waals surface area contributed by atoms with E-state index in [2.05, 4.69) is 10.3 Å². The SMILES string of the molecule is CC1=Cc2cccnc2NC1O. The van der Waals surface area contributed by atoms with Crippen LogP contribution in [0, 0.1) is 0 Å². The molecule has 1 unspecified atom stereocenters. The highest BCUT2D eigenvalue weighted by Gasteiger charge is 2.14. The number of hydrogen-bond donors (Lipinski definition) is 2. The zero-order valence-corrected chi connectivity index (χ0v) is 6.78. The van der Waals surface area contributed by atoms with Crippen LogP contribution in [0.5, 0.6) is 0 Å². The molecule has 0 aliphatic carbocycles. The second kappa shape index (κ2) is 2.60. The highest BCUT2D eigenvalue weighted by Crippen LogP contribution is 2.22. The third-order valence-electron chi connectivity index (χ3n) is 1.93. The maximum absolute atomic E-state index is 9.41. The van der Waals surface area contributed by atoms with Gasteiger partial charge in [-0.05, 0) is 30.7 Å². The number of aliphatic hydroxyl groups excluding tert-OH is 1. The molecule has 2 N–H and O–H groups in total. The maximum Gasteiger partial charge on any atom is 0.147 e. The number of aromatic nitrogens is 1. The molecule has 0 spiro atoms. The normalized spacial score (nSPS) is 20.8.